The second kappa shape index (κ2) is 14.3. The molecule has 0 amide bonds. The van der Waals surface area contributed by atoms with Gasteiger partial charge in [0.25, 0.3) is 0 Å². The van der Waals surface area contributed by atoms with Crippen molar-refractivity contribution in [3.05, 3.63) is 234 Å². The first-order valence-corrected chi connectivity index (χ1v) is 26.6. The number of fused-ring (bicyclic) bond motifs is 11. The molecule has 1 heteroatoms. The summed E-state index contributed by atoms with van der Waals surface area (Å²) in [6, 6.07) is 77.7. The second-order valence-electron chi connectivity index (χ2n) is 22.6. The summed E-state index contributed by atoms with van der Waals surface area (Å²) < 4.78 is 0. The van der Waals surface area contributed by atoms with Crippen molar-refractivity contribution in [1.82, 2.24) is 0 Å². The van der Waals surface area contributed by atoms with Crippen molar-refractivity contribution in [2.45, 2.75) is 75.0 Å². The summed E-state index contributed by atoms with van der Waals surface area (Å²) in [7, 11) is 0. The van der Waals surface area contributed by atoms with Crippen molar-refractivity contribution < 1.29 is 0 Å². The standard InChI is InChI=1S/C69H57N/c1-67(46-22-6-3-7-23-46)58-30-12-8-25-52(58)54-36-34-45(38-60(54)67)50-24-10-14-32-62(50)70(63-33-15-11-27-56(63)57-29-17-21-44-20-16-28-51(66(44)57)43-18-4-2-5-19-43)49-35-37-55-53-26-9-13-31-59(53)69(61(55)42-49)64-40-47-39-48-41-65(69)68(47,48)64/h3,6-17,20-38,42-43,47-48,64-65H,2,4-5,18-19,39-41H2,1H3. The third-order valence-corrected chi connectivity index (χ3v) is 20.2. The van der Waals surface area contributed by atoms with Crippen LogP contribution in [0.15, 0.2) is 200 Å². The molecule has 0 bridgehead atoms. The van der Waals surface area contributed by atoms with E-state index in [1.54, 1.807) is 11.1 Å². The maximum Gasteiger partial charge on any atom is 0.0540 e. The summed E-state index contributed by atoms with van der Waals surface area (Å²) in [6.07, 6.45) is 10.8. The lowest BCUT2D eigenvalue weighted by atomic mass is 9.11. The first kappa shape index (κ1) is 39.8. The van der Waals surface area contributed by atoms with E-state index < -0.39 is 0 Å². The van der Waals surface area contributed by atoms with Crippen LogP contribution in [0.3, 0.4) is 0 Å². The van der Waals surface area contributed by atoms with Gasteiger partial charge in [0.05, 0.1) is 11.4 Å². The molecular formula is C69H57N. The molecule has 0 saturated heterocycles. The van der Waals surface area contributed by atoms with E-state index in [9.17, 15) is 0 Å². The summed E-state index contributed by atoms with van der Waals surface area (Å²) >= 11 is 0. The molecule has 9 aromatic rings. The quantitative estimate of drug-likeness (QED) is 0.154. The van der Waals surface area contributed by atoms with Crippen LogP contribution in [0.5, 0.6) is 0 Å². The number of para-hydroxylation sites is 2. The molecule has 0 heterocycles. The van der Waals surface area contributed by atoms with E-state index in [1.165, 1.54) is 146 Å². The maximum atomic E-state index is 2.69. The van der Waals surface area contributed by atoms with E-state index >= 15 is 0 Å². The number of hydrogen-bond donors (Lipinski definition) is 0. The summed E-state index contributed by atoms with van der Waals surface area (Å²) in [5.41, 5.74) is 23.7. The van der Waals surface area contributed by atoms with Gasteiger partial charge >= 0.3 is 0 Å². The van der Waals surface area contributed by atoms with Crippen molar-refractivity contribution in [3.8, 4) is 44.5 Å². The number of nitrogens with zero attached hydrogens (tertiary/aromatic N) is 1. The average molecular weight is 900 g/mol. The molecule has 0 aromatic heterocycles. The van der Waals surface area contributed by atoms with Crippen LogP contribution in [0.25, 0.3) is 55.3 Å². The van der Waals surface area contributed by atoms with Crippen LogP contribution in [0, 0.1) is 29.1 Å². The van der Waals surface area contributed by atoms with Crippen LogP contribution in [0.1, 0.15) is 97.6 Å². The van der Waals surface area contributed by atoms with Gasteiger partial charge < -0.3 is 4.90 Å². The predicted octanol–water partition coefficient (Wildman–Crippen LogP) is 18.0. The highest BCUT2D eigenvalue weighted by atomic mass is 15.1. The van der Waals surface area contributed by atoms with Gasteiger partial charge in [-0.1, -0.05) is 189 Å². The fourth-order valence-electron chi connectivity index (χ4n) is 17.4. The zero-order valence-electron chi connectivity index (χ0n) is 40.0. The van der Waals surface area contributed by atoms with Crippen LogP contribution in [-0.4, -0.2) is 0 Å². The van der Waals surface area contributed by atoms with Crippen LogP contribution >= 0.6 is 0 Å². The normalized spacial score (nSPS) is 26.9. The third-order valence-electron chi connectivity index (χ3n) is 20.2. The SMILES string of the molecule is CC1(c2ccccc2)c2ccccc2-c2ccc(-c3ccccc3N(c3ccc4c(c3)C3(c5ccccc5-4)C4CC5CC6CC3C564)c3ccccc3-c3cccc4cccc(C5CCCCC5)c34)cc21. The molecule has 338 valence electrons. The molecule has 5 atom stereocenters. The van der Waals surface area contributed by atoms with Gasteiger partial charge in [-0.2, -0.15) is 0 Å². The molecule has 2 spiro atoms. The first-order chi connectivity index (χ1) is 34.6. The van der Waals surface area contributed by atoms with E-state index in [-0.39, 0.29) is 10.8 Å². The lowest BCUT2D eigenvalue weighted by molar-refractivity contribution is -0.412. The van der Waals surface area contributed by atoms with Crippen molar-refractivity contribution in [2.24, 2.45) is 29.1 Å². The Labute approximate surface area is 412 Å². The Kier molecular flexibility index (Phi) is 8.15. The van der Waals surface area contributed by atoms with Gasteiger partial charge in [0.2, 0.25) is 0 Å². The predicted molar refractivity (Wildman–Crippen MR) is 289 cm³/mol. The molecule has 70 heavy (non-hydrogen) atoms. The molecule has 9 aromatic carbocycles. The molecule has 1 nitrogen and oxygen atoms in total. The van der Waals surface area contributed by atoms with Crippen LogP contribution in [-0.2, 0) is 10.8 Å². The first-order valence-electron chi connectivity index (χ1n) is 26.6. The lowest BCUT2D eigenvalue weighted by Gasteiger charge is -2.92. The van der Waals surface area contributed by atoms with Gasteiger partial charge in [0, 0.05) is 27.6 Å². The molecule has 0 radical (unpaired) electrons. The Hall–Kier alpha value is -6.96. The lowest BCUT2D eigenvalue weighted by Crippen LogP contribution is -2.88. The minimum Gasteiger partial charge on any atom is -0.309 e. The smallest absolute Gasteiger partial charge is 0.0540 e. The van der Waals surface area contributed by atoms with Gasteiger partial charge in [-0.3, -0.25) is 0 Å². The van der Waals surface area contributed by atoms with Crippen LogP contribution < -0.4 is 4.90 Å². The van der Waals surface area contributed by atoms with Crippen molar-refractivity contribution in [1.29, 1.82) is 0 Å². The molecule has 5 saturated carbocycles. The average Bonchev–Trinajstić information content (AvgIpc) is 3.85. The van der Waals surface area contributed by atoms with E-state index in [0.717, 1.165) is 23.7 Å². The summed E-state index contributed by atoms with van der Waals surface area (Å²) in [6.45, 7) is 2.44. The van der Waals surface area contributed by atoms with Crippen molar-refractivity contribution in [3.63, 3.8) is 0 Å². The van der Waals surface area contributed by atoms with Gasteiger partial charge in [0.15, 0.2) is 0 Å². The Morgan fingerprint density at radius 1 is 0.429 bits per heavy atom. The molecule has 0 aliphatic heterocycles. The topological polar surface area (TPSA) is 3.24 Å². The highest BCUT2D eigenvalue weighted by Gasteiger charge is 2.90. The number of hydrogen-bond acceptors (Lipinski definition) is 1. The minimum atomic E-state index is -0.292. The summed E-state index contributed by atoms with van der Waals surface area (Å²) in [5.74, 6) is 4.03. The van der Waals surface area contributed by atoms with Crippen LogP contribution in [0.2, 0.25) is 0 Å². The second-order valence-corrected chi connectivity index (χ2v) is 22.6. The Morgan fingerprint density at radius 3 is 1.77 bits per heavy atom. The van der Waals surface area contributed by atoms with Gasteiger partial charge in [-0.05, 0) is 182 Å². The summed E-state index contributed by atoms with van der Waals surface area (Å²) in [4.78, 5) is 2.67. The van der Waals surface area contributed by atoms with Gasteiger partial charge in [-0.15, -0.1) is 0 Å². The minimum absolute atomic E-state index is 0.113. The monoisotopic (exact) mass is 899 g/mol. The van der Waals surface area contributed by atoms with Crippen molar-refractivity contribution in [2.75, 3.05) is 4.90 Å². The molecule has 7 aliphatic carbocycles. The number of rotatable bonds is 7. The highest BCUT2D eigenvalue weighted by molar-refractivity contribution is 6.04. The van der Waals surface area contributed by atoms with E-state index in [0.29, 0.717) is 11.3 Å². The molecule has 5 unspecified atom stereocenters. The van der Waals surface area contributed by atoms with E-state index in [4.69, 9.17) is 0 Å². The van der Waals surface area contributed by atoms with E-state index in [2.05, 4.69) is 212 Å². The zero-order valence-corrected chi connectivity index (χ0v) is 40.0. The molecule has 7 aliphatic rings. The Bertz CT molecular complexity index is 3620. The molecule has 16 rings (SSSR count). The zero-order chi connectivity index (χ0) is 45.9. The Morgan fingerprint density at radius 2 is 1.01 bits per heavy atom. The molecule has 5 fully saturated rings. The number of benzene rings is 9. The fraction of sp³-hybridized carbons (Fsp3) is 0.246. The fourth-order valence-corrected chi connectivity index (χ4v) is 17.4. The molecule has 0 N–H and O–H groups in total. The van der Waals surface area contributed by atoms with Crippen molar-refractivity contribution >= 4 is 27.8 Å². The highest BCUT2D eigenvalue weighted by Crippen LogP contribution is 2.95. The largest absolute Gasteiger partial charge is 0.309 e. The van der Waals surface area contributed by atoms with Gasteiger partial charge in [-0.25, -0.2) is 0 Å². The Balaban J connectivity index is 0.929. The van der Waals surface area contributed by atoms with Crippen LogP contribution in [0.4, 0.5) is 17.1 Å². The number of anilines is 3. The maximum absolute atomic E-state index is 2.69. The van der Waals surface area contributed by atoms with E-state index in [1.807, 2.05) is 0 Å². The third kappa shape index (κ3) is 4.85. The molecular weight excluding hydrogens is 843 g/mol. The summed E-state index contributed by atoms with van der Waals surface area (Å²) in [5, 5.41) is 2.77. The van der Waals surface area contributed by atoms with Gasteiger partial charge in [0.1, 0.15) is 0 Å².